The van der Waals surface area contributed by atoms with Crippen LogP contribution in [0, 0.1) is 0 Å². The van der Waals surface area contributed by atoms with E-state index in [1.54, 1.807) is 13.1 Å². The highest BCUT2D eigenvalue weighted by Crippen LogP contribution is 2.41. The third kappa shape index (κ3) is 2.98. The van der Waals surface area contributed by atoms with E-state index in [9.17, 15) is 4.79 Å². The second-order valence-electron chi connectivity index (χ2n) is 5.15. The molecule has 5 heteroatoms. The molecule has 1 aromatic carbocycles. The molecule has 1 aromatic rings. The lowest BCUT2D eigenvalue weighted by molar-refractivity contribution is -0.170. The van der Waals surface area contributed by atoms with Crippen molar-refractivity contribution in [2.45, 2.75) is 25.9 Å². The molecule has 104 valence electrons. The van der Waals surface area contributed by atoms with Gasteiger partial charge in [-0.2, -0.15) is 0 Å². The van der Waals surface area contributed by atoms with Gasteiger partial charge in [0.05, 0.1) is 7.11 Å². The number of para-hydroxylation sites is 1. The molecule has 1 heterocycles. The molecular weight excluding hydrogens is 246 g/mol. The van der Waals surface area contributed by atoms with E-state index in [-0.39, 0.29) is 18.1 Å². The second kappa shape index (κ2) is 5.09. The van der Waals surface area contributed by atoms with E-state index in [0.29, 0.717) is 5.75 Å². The standard InChI is InChI=1S/C14H19NO4/c1-14(2)8-10-6-5-7-11(13(10)19-14)18-9-12(16)15(3)17-4/h5-7H,8-9H2,1-4H3. The molecule has 1 aliphatic heterocycles. The van der Waals surface area contributed by atoms with E-state index in [4.69, 9.17) is 14.3 Å². The van der Waals surface area contributed by atoms with Gasteiger partial charge in [-0.25, -0.2) is 5.06 Å². The summed E-state index contributed by atoms with van der Waals surface area (Å²) in [4.78, 5) is 16.4. The molecule has 0 radical (unpaired) electrons. The molecule has 2 rings (SSSR count). The fraction of sp³-hybridized carbons (Fsp3) is 0.500. The number of ether oxygens (including phenoxy) is 2. The Morgan fingerprint density at radius 3 is 2.89 bits per heavy atom. The summed E-state index contributed by atoms with van der Waals surface area (Å²) >= 11 is 0. The van der Waals surface area contributed by atoms with Crippen LogP contribution in [0.4, 0.5) is 0 Å². The number of nitrogens with zero attached hydrogens (tertiary/aromatic N) is 1. The number of benzene rings is 1. The Morgan fingerprint density at radius 1 is 1.47 bits per heavy atom. The van der Waals surface area contributed by atoms with Crippen molar-refractivity contribution in [2.75, 3.05) is 20.8 Å². The molecule has 0 bridgehead atoms. The quantitative estimate of drug-likeness (QED) is 0.779. The zero-order valence-electron chi connectivity index (χ0n) is 11.7. The number of carbonyl (C=O) groups excluding carboxylic acids is 1. The van der Waals surface area contributed by atoms with Crippen LogP contribution < -0.4 is 9.47 Å². The largest absolute Gasteiger partial charge is 0.483 e. The molecule has 1 aliphatic rings. The van der Waals surface area contributed by atoms with Crippen molar-refractivity contribution in [3.05, 3.63) is 23.8 Å². The van der Waals surface area contributed by atoms with Crippen LogP contribution in [0.1, 0.15) is 19.4 Å². The van der Waals surface area contributed by atoms with E-state index in [0.717, 1.165) is 22.8 Å². The normalized spacial score (nSPS) is 15.6. The van der Waals surface area contributed by atoms with Gasteiger partial charge in [0.25, 0.3) is 5.91 Å². The third-order valence-electron chi connectivity index (χ3n) is 3.03. The predicted molar refractivity (Wildman–Crippen MR) is 70.1 cm³/mol. The first kappa shape index (κ1) is 13.7. The van der Waals surface area contributed by atoms with Crippen LogP contribution in [0.5, 0.6) is 11.5 Å². The van der Waals surface area contributed by atoms with Gasteiger partial charge in [-0.15, -0.1) is 0 Å². The molecule has 0 atom stereocenters. The molecule has 0 fully saturated rings. The Hall–Kier alpha value is -1.75. The van der Waals surface area contributed by atoms with Gasteiger partial charge in [-0.05, 0) is 19.9 Å². The van der Waals surface area contributed by atoms with E-state index < -0.39 is 0 Å². The SMILES string of the molecule is CON(C)C(=O)COc1cccc2c1OC(C)(C)C2. The van der Waals surface area contributed by atoms with E-state index in [1.165, 1.54) is 7.11 Å². The number of amides is 1. The number of hydroxylamine groups is 2. The maximum absolute atomic E-state index is 11.6. The Kier molecular flexibility index (Phi) is 3.66. The Morgan fingerprint density at radius 2 is 2.21 bits per heavy atom. The van der Waals surface area contributed by atoms with Crippen LogP contribution >= 0.6 is 0 Å². The molecule has 19 heavy (non-hydrogen) atoms. The van der Waals surface area contributed by atoms with Crippen LogP contribution in [0.15, 0.2) is 18.2 Å². The van der Waals surface area contributed by atoms with Crippen molar-refractivity contribution in [3.8, 4) is 11.5 Å². The molecule has 0 aromatic heterocycles. The summed E-state index contributed by atoms with van der Waals surface area (Å²) < 4.78 is 11.4. The molecule has 5 nitrogen and oxygen atoms in total. The summed E-state index contributed by atoms with van der Waals surface area (Å²) in [5.41, 5.74) is 0.879. The monoisotopic (exact) mass is 265 g/mol. The lowest BCUT2D eigenvalue weighted by atomic mass is 10.0. The number of hydrogen-bond donors (Lipinski definition) is 0. The van der Waals surface area contributed by atoms with Gasteiger partial charge >= 0.3 is 0 Å². The van der Waals surface area contributed by atoms with Crippen LogP contribution in [0.25, 0.3) is 0 Å². The Balaban J connectivity index is 2.08. The van der Waals surface area contributed by atoms with Gasteiger partial charge in [0, 0.05) is 19.0 Å². The first-order valence-electron chi connectivity index (χ1n) is 6.17. The minimum Gasteiger partial charge on any atom is -0.483 e. The van der Waals surface area contributed by atoms with Gasteiger partial charge < -0.3 is 9.47 Å². The molecule has 0 spiro atoms. The van der Waals surface area contributed by atoms with Crippen molar-refractivity contribution in [2.24, 2.45) is 0 Å². The van der Waals surface area contributed by atoms with Crippen molar-refractivity contribution in [1.29, 1.82) is 0 Å². The topological polar surface area (TPSA) is 48.0 Å². The minimum atomic E-state index is -0.252. The van der Waals surface area contributed by atoms with Crippen LogP contribution in [0.2, 0.25) is 0 Å². The highest BCUT2D eigenvalue weighted by atomic mass is 16.7. The first-order valence-corrected chi connectivity index (χ1v) is 6.17. The molecule has 1 amide bonds. The summed E-state index contributed by atoms with van der Waals surface area (Å²) in [7, 11) is 2.98. The van der Waals surface area contributed by atoms with Gasteiger partial charge in [0.15, 0.2) is 18.1 Å². The van der Waals surface area contributed by atoms with E-state index >= 15 is 0 Å². The molecular formula is C14H19NO4. The van der Waals surface area contributed by atoms with E-state index in [2.05, 4.69) is 0 Å². The third-order valence-corrected chi connectivity index (χ3v) is 3.03. The second-order valence-corrected chi connectivity index (χ2v) is 5.15. The first-order chi connectivity index (χ1) is 8.93. The molecule has 0 saturated heterocycles. The number of carbonyl (C=O) groups is 1. The van der Waals surface area contributed by atoms with Crippen molar-refractivity contribution < 1.29 is 19.1 Å². The summed E-state index contributed by atoms with van der Waals surface area (Å²) in [6.07, 6.45) is 0.839. The average Bonchev–Trinajstić information content (AvgIpc) is 2.69. The lowest BCUT2D eigenvalue weighted by Gasteiger charge is -2.18. The summed E-state index contributed by atoms with van der Waals surface area (Å²) in [5, 5.41) is 1.13. The van der Waals surface area contributed by atoms with E-state index in [1.807, 2.05) is 26.0 Å². The van der Waals surface area contributed by atoms with Gasteiger partial charge in [0.2, 0.25) is 0 Å². The van der Waals surface area contributed by atoms with Crippen molar-refractivity contribution in [3.63, 3.8) is 0 Å². The van der Waals surface area contributed by atoms with Gasteiger partial charge in [0.1, 0.15) is 5.60 Å². The molecule has 0 N–H and O–H groups in total. The summed E-state index contributed by atoms with van der Waals surface area (Å²) in [6.45, 7) is 3.98. The smallest absolute Gasteiger partial charge is 0.283 e. The maximum Gasteiger partial charge on any atom is 0.283 e. The van der Waals surface area contributed by atoms with Crippen LogP contribution in [-0.2, 0) is 16.1 Å². The lowest BCUT2D eigenvalue weighted by Crippen LogP contribution is -2.30. The number of hydrogen-bond acceptors (Lipinski definition) is 4. The minimum absolute atomic E-state index is 0.0788. The summed E-state index contributed by atoms with van der Waals surface area (Å²) in [5.74, 6) is 1.08. The highest BCUT2D eigenvalue weighted by Gasteiger charge is 2.32. The van der Waals surface area contributed by atoms with Gasteiger partial charge in [-0.1, -0.05) is 12.1 Å². The van der Waals surface area contributed by atoms with Gasteiger partial charge in [-0.3, -0.25) is 9.63 Å². The van der Waals surface area contributed by atoms with Crippen molar-refractivity contribution in [1.82, 2.24) is 5.06 Å². The highest BCUT2D eigenvalue weighted by molar-refractivity contribution is 5.76. The molecule has 0 saturated carbocycles. The molecule has 0 aliphatic carbocycles. The Bertz CT molecular complexity index is 484. The number of fused-ring (bicyclic) bond motifs is 1. The average molecular weight is 265 g/mol. The zero-order valence-corrected chi connectivity index (χ0v) is 11.7. The molecule has 0 unspecified atom stereocenters. The summed E-state index contributed by atoms with van der Waals surface area (Å²) in [6, 6.07) is 5.73. The Labute approximate surface area is 113 Å². The number of rotatable bonds is 4. The van der Waals surface area contributed by atoms with Crippen molar-refractivity contribution >= 4 is 5.91 Å². The van der Waals surface area contributed by atoms with Crippen LogP contribution in [-0.4, -0.2) is 37.3 Å². The fourth-order valence-electron chi connectivity index (χ4n) is 2.03. The van der Waals surface area contributed by atoms with Crippen LogP contribution in [0.3, 0.4) is 0 Å². The number of likely N-dealkylation sites (N-methyl/N-ethyl adjacent to an activating group) is 1. The maximum atomic E-state index is 11.6. The predicted octanol–water partition coefficient (Wildman–Crippen LogP) is 1.80. The zero-order chi connectivity index (χ0) is 14.0. The fourth-order valence-corrected chi connectivity index (χ4v) is 2.03.